The summed E-state index contributed by atoms with van der Waals surface area (Å²) in [5.41, 5.74) is 1.45. The first-order valence-electron chi connectivity index (χ1n) is 12.5. The SMILES string of the molecule is O=C(Oc1ccc([N+](=O)[O-])cc1)N1C2CCC1c1cc(Nc3ncc(C(F)(F)F)c(NC4CCC4)n3)ccc12. The van der Waals surface area contributed by atoms with Crippen LogP contribution in [0.5, 0.6) is 5.75 Å². The third-order valence-corrected chi connectivity index (χ3v) is 7.45. The number of nitrogens with zero attached hydrogens (tertiary/aromatic N) is 4. The molecule has 0 spiro atoms. The first-order chi connectivity index (χ1) is 18.7. The summed E-state index contributed by atoms with van der Waals surface area (Å²) in [4.78, 5) is 33.0. The van der Waals surface area contributed by atoms with Crippen LogP contribution in [0.4, 0.5) is 41.1 Å². The Morgan fingerprint density at radius 1 is 1.05 bits per heavy atom. The third-order valence-electron chi connectivity index (χ3n) is 7.45. The Hall–Kier alpha value is -4.42. The lowest BCUT2D eigenvalue weighted by Gasteiger charge is -2.28. The molecule has 3 aliphatic rings. The van der Waals surface area contributed by atoms with Gasteiger partial charge in [-0.1, -0.05) is 6.07 Å². The topological polar surface area (TPSA) is 123 Å². The molecule has 0 radical (unpaired) electrons. The van der Waals surface area contributed by atoms with E-state index in [1.807, 2.05) is 12.1 Å². The number of nitrogens with one attached hydrogen (secondary N) is 2. The number of nitro groups is 1. The van der Waals surface area contributed by atoms with E-state index in [-0.39, 0.29) is 41.3 Å². The Kier molecular flexibility index (Phi) is 6.00. The number of non-ortho nitro benzene ring substituents is 1. The minimum Gasteiger partial charge on any atom is -0.410 e. The van der Waals surface area contributed by atoms with Gasteiger partial charge in [-0.2, -0.15) is 18.2 Å². The Morgan fingerprint density at radius 3 is 2.41 bits per heavy atom. The van der Waals surface area contributed by atoms with Crippen LogP contribution in [0.3, 0.4) is 0 Å². The number of amides is 1. The molecule has 39 heavy (non-hydrogen) atoms. The fraction of sp³-hybridized carbons (Fsp3) is 0.346. The lowest BCUT2D eigenvalue weighted by Crippen LogP contribution is -2.30. The van der Waals surface area contributed by atoms with E-state index in [1.165, 1.54) is 24.3 Å². The predicted molar refractivity (Wildman–Crippen MR) is 134 cm³/mol. The number of anilines is 3. The number of rotatable bonds is 6. The molecule has 1 saturated carbocycles. The summed E-state index contributed by atoms with van der Waals surface area (Å²) in [6.07, 6.45) is -0.321. The Balaban J connectivity index is 1.19. The van der Waals surface area contributed by atoms with Crippen molar-refractivity contribution in [2.24, 2.45) is 0 Å². The highest BCUT2D eigenvalue weighted by atomic mass is 19.4. The van der Waals surface area contributed by atoms with Crippen molar-refractivity contribution in [3.05, 3.63) is 75.5 Å². The maximum Gasteiger partial charge on any atom is 0.421 e. The molecule has 6 rings (SSSR count). The van der Waals surface area contributed by atoms with E-state index >= 15 is 0 Å². The number of halogens is 3. The van der Waals surface area contributed by atoms with Gasteiger partial charge >= 0.3 is 12.3 Å². The van der Waals surface area contributed by atoms with Crippen LogP contribution in [0.15, 0.2) is 48.7 Å². The zero-order valence-corrected chi connectivity index (χ0v) is 20.4. The highest BCUT2D eigenvalue weighted by Gasteiger charge is 2.47. The van der Waals surface area contributed by atoms with E-state index in [1.54, 1.807) is 11.0 Å². The Bertz CT molecular complexity index is 1440. The lowest BCUT2D eigenvalue weighted by molar-refractivity contribution is -0.384. The summed E-state index contributed by atoms with van der Waals surface area (Å²) in [5.74, 6) is -0.0125. The van der Waals surface area contributed by atoms with E-state index in [4.69, 9.17) is 4.74 Å². The van der Waals surface area contributed by atoms with Crippen LogP contribution in [0.25, 0.3) is 0 Å². The number of benzene rings is 2. The zero-order chi connectivity index (χ0) is 27.3. The molecule has 2 bridgehead atoms. The highest BCUT2D eigenvalue weighted by molar-refractivity contribution is 5.75. The summed E-state index contributed by atoms with van der Waals surface area (Å²) in [5, 5.41) is 16.8. The number of nitro benzene ring substituents is 1. The number of ether oxygens (including phenoxy) is 1. The second-order valence-corrected chi connectivity index (χ2v) is 9.83. The van der Waals surface area contributed by atoms with Crippen LogP contribution < -0.4 is 15.4 Å². The molecule has 13 heteroatoms. The molecule has 2 aliphatic heterocycles. The molecular weight excluding hydrogens is 517 g/mol. The maximum atomic E-state index is 13.5. The predicted octanol–water partition coefficient (Wildman–Crippen LogP) is 6.50. The van der Waals surface area contributed by atoms with Crippen molar-refractivity contribution < 1.29 is 27.6 Å². The summed E-state index contributed by atoms with van der Waals surface area (Å²) < 4.78 is 46.0. The molecule has 202 valence electrons. The van der Waals surface area contributed by atoms with Gasteiger partial charge in [-0.05, 0) is 67.5 Å². The Labute approximate surface area is 220 Å². The third kappa shape index (κ3) is 4.68. The number of carbonyl (C=O) groups excluding carboxylic acids is 1. The van der Waals surface area contributed by atoms with Crippen molar-refractivity contribution in [1.82, 2.24) is 14.9 Å². The van der Waals surface area contributed by atoms with Gasteiger partial charge in [0.15, 0.2) is 0 Å². The van der Waals surface area contributed by atoms with Gasteiger partial charge in [0.2, 0.25) is 5.95 Å². The van der Waals surface area contributed by atoms with Crippen molar-refractivity contribution in [3.63, 3.8) is 0 Å². The summed E-state index contributed by atoms with van der Waals surface area (Å²) >= 11 is 0. The molecule has 3 aromatic rings. The smallest absolute Gasteiger partial charge is 0.410 e. The first kappa shape index (κ1) is 24.9. The molecule has 1 amide bonds. The van der Waals surface area contributed by atoms with Crippen molar-refractivity contribution >= 4 is 29.2 Å². The fourth-order valence-corrected chi connectivity index (χ4v) is 5.34. The van der Waals surface area contributed by atoms with Crippen LogP contribution in [-0.4, -0.2) is 31.9 Å². The van der Waals surface area contributed by atoms with Gasteiger partial charge in [-0.25, -0.2) is 9.78 Å². The van der Waals surface area contributed by atoms with Crippen molar-refractivity contribution in [1.29, 1.82) is 0 Å². The van der Waals surface area contributed by atoms with Crippen molar-refractivity contribution in [3.8, 4) is 5.75 Å². The van der Waals surface area contributed by atoms with Gasteiger partial charge in [0.1, 0.15) is 17.1 Å². The van der Waals surface area contributed by atoms with Gasteiger partial charge < -0.3 is 15.4 Å². The number of hydrogen-bond acceptors (Lipinski definition) is 8. The molecule has 2 atom stereocenters. The summed E-state index contributed by atoms with van der Waals surface area (Å²) in [6, 6.07) is 10.3. The zero-order valence-electron chi connectivity index (χ0n) is 20.4. The quantitative estimate of drug-likeness (QED) is 0.268. The van der Waals surface area contributed by atoms with Crippen LogP contribution in [0.1, 0.15) is 60.9 Å². The molecule has 3 heterocycles. The normalized spacial score (nSPS) is 19.8. The van der Waals surface area contributed by atoms with E-state index in [0.717, 1.165) is 49.4 Å². The maximum absolute atomic E-state index is 13.5. The average molecular weight is 541 g/mol. The molecule has 2 unspecified atom stereocenters. The van der Waals surface area contributed by atoms with E-state index in [2.05, 4.69) is 20.6 Å². The minimum absolute atomic E-state index is 0.0300. The van der Waals surface area contributed by atoms with Crippen LogP contribution >= 0.6 is 0 Å². The lowest BCUT2D eigenvalue weighted by atomic mass is 9.91. The highest BCUT2D eigenvalue weighted by Crippen LogP contribution is 2.54. The van der Waals surface area contributed by atoms with E-state index in [0.29, 0.717) is 5.69 Å². The van der Waals surface area contributed by atoms with E-state index < -0.39 is 22.8 Å². The monoisotopic (exact) mass is 540 g/mol. The Morgan fingerprint density at radius 2 is 1.77 bits per heavy atom. The standard InChI is InChI=1S/C26H23F3N6O4/c27-26(28,29)20-13-30-24(33-23(20)31-14-2-1-3-14)32-15-4-9-18-19(12-15)22-11-10-21(18)34(22)25(36)39-17-7-5-16(6-8-17)35(37)38/h4-9,12-14,21-22H,1-3,10-11H2,(H2,30,31,32,33). The number of aromatic nitrogens is 2. The number of fused-ring (bicyclic) bond motifs is 5. The second kappa shape index (κ2) is 9.40. The molecule has 10 nitrogen and oxygen atoms in total. The molecule has 2 N–H and O–H groups in total. The molecule has 2 fully saturated rings. The first-order valence-corrected chi connectivity index (χ1v) is 12.5. The van der Waals surface area contributed by atoms with Gasteiger partial charge in [0.25, 0.3) is 5.69 Å². The molecule has 2 aromatic carbocycles. The van der Waals surface area contributed by atoms with Gasteiger partial charge in [-0.3, -0.25) is 15.0 Å². The number of hydrogen-bond donors (Lipinski definition) is 2. The van der Waals surface area contributed by atoms with E-state index in [9.17, 15) is 28.1 Å². The molecule has 1 aliphatic carbocycles. The fourth-order valence-electron chi connectivity index (χ4n) is 5.34. The van der Waals surface area contributed by atoms with Crippen LogP contribution in [-0.2, 0) is 6.18 Å². The van der Waals surface area contributed by atoms with Gasteiger partial charge in [0.05, 0.1) is 17.0 Å². The number of alkyl halides is 3. The van der Waals surface area contributed by atoms with Crippen LogP contribution in [0, 0.1) is 10.1 Å². The van der Waals surface area contributed by atoms with Crippen LogP contribution in [0.2, 0.25) is 0 Å². The van der Waals surface area contributed by atoms with Crippen molar-refractivity contribution in [2.75, 3.05) is 10.6 Å². The van der Waals surface area contributed by atoms with Gasteiger partial charge in [0, 0.05) is 30.1 Å². The van der Waals surface area contributed by atoms with Gasteiger partial charge in [-0.15, -0.1) is 0 Å². The molecule has 1 aromatic heterocycles. The average Bonchev–Trinajstić information content (AvgIpc) is 3.43. The minimum atomic E-state index is -4.58. The largest absolute Gasteiger partial charge is 0.421 e. The molecular formula is C26H23F3N6O4. The molecule has 1 saturated heterocycles. The summed E-state index contributed by atoms with van der Waals surface area (Å²) in [7, 11) is 0. The summed E-state index contributed by atoms with van der Waals surface area (Å²) in [6.45, 7) is 0. The second-order valence-electron chi connectivity index (χ2n) is 9.83. The number of carbonyl (C=O) groups is 1. The van der Waals surface area contributed by atoms with Crippen molar-refractivity contribution in [2.45, 2.75) is 56.4 Å².